The zero-order valence-corrected chi connectivity index (χ0v) is 12.4. The van der Waals surface area contributed by atoms with E-state index >= 15 is 0 Å². The van der Waals surface area contributed by atoms with E-state index in [1.54, 1.807) is 7.11 Å². The van der Waals surface area contributed by atoms with Crippen molar-refractivity contribution in [2.75, 3.05) is 7.11 Å². The van der Waals surface area contributed by atoms with Gasteiger partial charge in [0.1, 0.15) is 11.6 Å². The van der Waals surface area contributed by atoms with Gasteiger partial charge in [-0.25, -0.2) is 9.78 Å². The van der Waals surface area contributed by atoms with Gasteiger partial charge in [-0.15, -0.1) is 0 Å². The van der Waals surface area contributed by atoms with Crippen LogP contribution in [-0.2, 0) is 20.0 Å². The lowest BCUT2D eigenvalue weighted by molar-refractivity contribution is 0.415. The van der Waals surface area contributed by atoms with Gasteiger partial charge in [-0.3, -0.25) is 9.78 Å². The van der Waals surface area contributed by atoms with Crippen molar-refractivity contribution in [1.82, 2.24) is 19.1 Å². The number of hydrogen-bond donors (Lipinski definition) is 1. The highest BCUT2D eigenvalue weighted by molar-refractivity contribution is 5.77. The molecule has 2 aromatic heterocycles. The van der Waals surface area contributed by atoms with Crippen molar-refractivity contribution in [3.8, 4) is 5.75 Å². The smallest absolute Gasteiger partial charge is 0.328 e. The largest absolute Gasteiger partial charge is 0.497 e. The SMILES string of the molecule is COc1ccc2c(c1)nc(CCn1ccc(=O)[nH]c1=O)n2C. The van der Waals surface area contributed by atoms with Crippen LogP contribution < -0.4 is 16.0 Å². The maximum absolute atomic E-state index is 11.7. The Labute approximate surface area is 125 Å². The molecule has 7 heteroatoms. The lowest BCUT2D eigenvalue weighted by Gasteiger charge is -2.05. The number of benzene rings is 1. The first-order chi connectivity index (χ1) is 10.6. The second-order valence-electron chi connectivity index (χ2n) is 5.00. The van der Waals surface area contributed by atoms with E-state index in [9.17, 15) is 9.59 Å². The van der Waals surface area contributed by atoms with Crippen LogP contribution in [0.4, 0.5) is 0 Å². The number of fused-ring (bicyclic) bond motifs is 1. The maximum atomic E-state index is 11.7. The van der Waals surface area contributed by atoms with Crippen LogP contribution in [0.15, 0.2) is 40.1 Å². The third-order valence-electron chi connectivity index (χ3n) is 3.65. The molecule has 0 aliphatic rings. The molecule has 0 atom stereocenters. The summed E-state index contributed by atoms with van der Waals surface area (Å²) >= 11 is 0. The first-order valence-corrected chi connectivity index (χ1v) is 6.87. The monoisotopic (exact) mass is 300 g/mol. The predicted octanol–water partition coefficient (Wildman–Crippen LogP) is 0.675. The summed E-state index contributed by atoms with van der Waals surface area (Å²) in [6.45, 7) is 0.448. The van der Waals surface area contributed by atoms with Gasteiger partial charge in [-0.05, 0) is 12.1 Å². The molecule has 0 radical (unpaired) electrons. The molecule has 0 aliphatic heterocycles. The number of methoxy groups -OCH3 is 1. The molecule has 22 heavy (non-hydrogen) atoms. The van der Waals surface area contributed by atoms with E-state index < -0.39 is 11.2 Å². The Morgan fingerprint density at radius 3 is 2.82 bits per heavy atom. The summed E-state index contributed by atoms with van der Waals surface area (Å²) in [5, 5.41) is 0. The van der Waals surface area contributed by atoms with Crippen LogP contribution in [-0.4, -0.2) is 26.2 Å². The number of aromatic nitrogens is 4. The van der Waals surface area contributed by atoms with Crippen LogP contribution in [0.1, 0.15) is 5.82 Å². The van der Waals surface area contributed by atoms with Gasteiger partial charge in [0.2, 0.25) is 0 Å². The Morgan fingerprint density at radius 2 is 2.09 bits per heavy atom. The van der Waals surface area contributed by atoms with Crippen LogP contribution in [0.2, 0.25) is 0 Å². The average molecular weight is 300 g/mol. The van der Waals surface area contributed by atoms with Crippen LogP contribution in [0.25, 0.3) is 11.0 Å². The van der Waals surface area contributed by atoms with Crippen molar-refractivity contribution in [2.24, 2.45) is 7.05 Å². The van der Waals surface area contributed by atoms with Crippen molar-refractivity contribution in [2.45, 2.75) is 13.0 Å². The Balaban J connectivity index is 1.89. The van der Waals surface area contributed by atoms with Crippen LogP contribution >= 0.6 is 0 Å². The molecule has 2 heterocycles. The molecule has 0 aliphatic carbocycles. The van der Waals surface area contributed by atoms with Crippen molar-refractivity contribution in [3.05, 3.63) is 57.1 Å². The molecule has 0 saturated heterocycles. The van der Waals surface area contributed by atoms with Gasteiger partial charge in [0.25, 0.3) is 5.56 Å². The fourth-order valence-corrected chi connectivity index (χ4v) is 2.42. The standard InChI is InChI=1S/C15H16N4O3/c1-18-12-4-3-10(22-2)9-11(12)16-13(18)5-7-19-8-6-14(20)17-15(19)21/h3-4,6,8-9H,5,7H2,1-2H3,(H,17,20,21). The van der Waals surface area contributed by atoms with Crippen LogP contribution in [0, 0.1) is 0 Å². The third kappa shape index (κ3) is 2.52. The number of nitrogens with zero attached hydrogens (tertiary/aromatic N) is 3. The first kappa shape index (κ1) is 14.1. The normalized spacial score (nSPS) is 11.0. The number of nitrogens with one attached hydrogen (secondary N) is 1. The number of ether oxygens (including phenoxy) is 1. The first-order valence-electron chi connectivity index (χ1n) is 6.87. The zero-order valence-electron chi connectivity index (χ0n) is 12.4. The van der Waals surface area contributed by atoms with E-state index in [2.05, 4.69) is 9.97 Å². The Bertz CT molecular complexity index is 936. The van der Waals surface area contributed by atoms with Crippen molar-refractivity contribution in [1.29, 1.82) is 0 Å². The molecule has 0 fully saturated rings. The second kappa shape index (κ2) is 5.51. The van der Waals surface area contributed by atoms with Gasteiger partial charge in [0.05, 0.1) is 18.1 Å². The topological polar surface area (TPSA) is 81.9 Å². The molecule has 1 aromatic carbocycles. The molecule has 0 spiro atoms. The minimum absolute atomic E-state index is 0.393. The summed E-state index contributed by atoms with van der Waals surface area (Å²) in [5.74, 6) is 1.62. The molecular formula is C15H16N4O3. The quantitative estimate of drug-likeness (QED) is 0.768. The fraction of sp³-hybridized carbons (Fsp3) is 0.267. The van der Waals surface area contributed by atoms with E-state index in [1.165, 1.54) is 16.8 Å². The number of aromatic amines is 1. The second-order valence-corrected chi connectivity index (χ2v) is 5.00. The highest BCUT2D eigenvalue weighted by Gasteiger charge is 2.09. The summed E-state index contributed by atoms with van der Waals surface area (Å²) in [5.41, 5.74) is 1.05. The van der Waals surface area contributed by atoms with E-state index in [-0.39, 0.29) is 0 Å². The van der Waals surface area contributed by atoms with Gasteiger partial charge < -0.3 is 13.9 Å². The van der Waals surface area contributed by atoms with Gasteiger partial charge >= 0.3 is 5.69 Å². The minimum atomic E-state index is -0.409. The van der Waals surface area contributed by atoms with Gasteiger partial charge in [-0.1, -0.05) is 0 Å². The fourth-order valence-electron chi connectivity index (χ4n) is 2.42. The van der Waals surface area contributed by atoms with E-state index in [1.807, 2.05) is 29.8 Å². The molecule has 0 amide bonds. The van der Waals surface area contributed by atoms with Gasteiger partial charge in [0, 0.05) is 38.3 Å². The summed E-state index contributed by atoms with van der Waals surface area (Å²) in [7, 11) is 3.56. The third-order valence-corrected chi connectivity index (χ3v) is 3.65. The number of aryl methyl sites for hydroxylation is 3. The molecule has 0 unspecified atom stereocenters. The van der Waals surface area contributed by atoms with Crippen LogP contribution in [0.3, 0.4) is 0 Å². The molecule has 3 aromatic rings. The van der Waals surface area contributed by atoms with Crippen molar-refractivity contribution < 1.29 is 4.74 Å². The molecule has 0 bridgehead atoms. The molecule has 3 rings (SSSR count). The van der Waals surface area contributed by atoms with E-state index in [0.717, 1.165) is 22.6 Å². The molecule has 0 saturated carbocycles. The summed E-state index contributed by atoms with van der Waals surface area (Å²) < 4.78 is 8.65. The molecule has 114 valence electrons. The number of hydrogen-bond acceptors (Lipinski definition) is 4. The molecular weight excluding hydrogens is 284 g/mol. The minimum Gasteiger partial charge on any atom is -0.497 e. The highest BCUT2D eigenvalue weighted by Crippen LogP contribution is 2.21. The number of imidazole rings is 1. The number of rotatable bonds is 4. The summed E-state index contributed by atoms with van der Waals surface area (Å²) in [6, 6.07) is 7.06. The highest BCUT2D eigenvalue weighted by atomic mass is 16.5. The Kier molecular flexibility index (Phi) is 3.54. The number of H-pyrrole nitrogens is 1. The van der Waals surface area contributed by atoms with E-state index in [0.29, 0.717) is 13.0 Å². The Morgan fingerprint density at radius 1 is 1.27 bits per heavy atom. The predicted molar refractivity (Wildman–Crippen MR) is 82.3 cm³/mol. The van der Waals surface area contributed by atoms with Crippen LogP contribution in [0.5, 0.6) is 5.75 Å². The van der Waals surface area contributed by atoms with Crippen molar-refractivity contribution in [3.63, 3.8) is 0 Å². The van der Waals surface area contributed by atoms with Gasteiger partial charge in [-0.2, -0.15) is 0 Å². The summed E-state index contributed by atoms with van der Waals surface area (Å²) in [6.07, 6.45) is 2.08. The maximum Gasteiger partial charge on any atom is 0.328 e. The summed E-state index contributed by atoms with van der Waals surface area (Å²) in [4.78, 5) is 29.5. The lowest BCUT2D eigenvalue weighted by Crippen LogP contribution is -2.29. The Hall–Kier alpha value is -2.83. The lowest BCUT2D eigenvalue weighted by atomic mass is 10.3. The zero-order chi connectivity index (χ0) is 15.7. The van der Waals surface area contributed by atoms with Crippen molar-refractivity contribution >= 4 is 11.0 Å². The molecule has 1 N–H and O–H groups in total. The average Bonchev–Trinajstić information content (AvgIpc) is 2.82. The van der Waals surface area contributed by atoms with Gasteiger partial charge in [0.15, 0.2) is 0 Å². The molecule has 7 nitrogen and oxygen atoms in total. The van der Waals surface area contributed by atoms with E-state index in [4.69, 9.17) is 4.74 Å².